The maximum atomic E-state index is 6.27. The van der Waals surface area contributed by atoms with Crippen LogP contribution in [0.4, 0.5) is 0 Å². The van der Waals surface area contributed by atoms with Gasteiger partial charge in [0, 0.05) is 29.1 Å². The van der Waals surface area contributed by atoms with Crippen LogP contribution in [0.2, 0.25) is 5.02 Å². The van der Waals surface area contributed by atoms with Crippen molar-refractivity contribution >= 4 is 23.2 Å². The van der Waals surface area contributed by atoms with Gasteiger partial charge in [0.25, 0.3) is 6.02 Å². The van der Waals surface area contributed by atoms with E-state index in [1.807, 2.05) is 18.2 Å². The molecule has 0 fully saturated rings. The fourth-order valence-corrected chi connectivity index (χ4v) is 4.93. The number of aromatic nitrogens is 2. The summed E-state index contributed by atoms with van der Waals surface area (Å²) in [6, 6.07) is 10.2. The number of aliphatic imine (C=N–C) groups is 1. The Morgan fingerprint density at radius 1 is 0.969 bits per heavy atom. The van der Waals surface area contributed by atoms with Crippen molar-refractivity contribution in [1.29, 1.82) is 0 Å². The first-order valence-corrected chi connectivity index (χ1v) is 11.1. The van der Waals surface area contributed by atoms with Crippen molar-refractivity contribution in [3.8, 4) is 22.6 Å². The quantitative estimate of drug-likeness (QED) is 0.568. The Morgan fingerprint density at radius 3 is 2.66 bits per heavy atom. The third kappa shape index (κ3) is 3.06. The van der Waals surface area contributed by atoms with Crippen LogP contribution < -0.4 is 10.5 Å². The molecule has 2 aliphatic heterocycles. The van der Waals surface area contributed by atoms with Gasteiger partial charge in [-0.1, -0.05) is 23.7 Å². The number of pyridine rings is 2. The largest absolute Gasteiger partial charge is 0.462 e. The number of fused-ring (bicyclic) bond motifs is 4. The summed E-state index contributed by atoms with van der Waals surface area (Å²) in [6.45, 7) is 0.307. The monoisotopic (exact) mass is 444 g/mol. The third-order valence-electron chi connectivity index (χ3n) is 6.35. The van der Waals surface area contributed by atoms with Crippen molar-refractivity contribution in [3.05, 3.63) is 76.8 Å². The molecule has 4 heterocycles. The standard InChI is InChI=1S/C25H21ClN4O2/c26-18-8-17(11-28-12-18)16-6-7-22-19(9-16)25(14-31-24(27)30-25)20-10-21(29-13-23(20)32-22)15-4-2-1-3-5-15/h4,6-13H,1-3,5,14H2,(H2,27,30)/t25-/m0/s1. The number of rotatable bonds is 2. The van der Waals surface area contributed by atoms with E-state index in [0.29, 0.717) is 23.1 Å². The Hall–Kier alpha value is -3.38. The van der Waals surface area contributed by atoms with Crippen LogP contribution in [-0.2, 0) is 10.3 Å². The van der Waals surface area contributed by atoms with Crippen molar-refractivity contribution in [1.82, 2.24) is 9.97 Å². The fourth-order valence-electron chi connectivity index (χ4n) is 4.76. The molecule has 2 aromatic heterocycles. The highest BCUT2D eigenvalue weighted by molar-refractivity contribution is 6.30. The molecular weight excluding hydrogens is 424 g/mol. The van der Waals surface area contributed by atoms with Crippen LogP contribution in [-0.4, -0.2) is 22.6 Å². The molecule has 1 atom stereocenters. The average Bonchev–Trinajstić information content (AvgIpc) is 3.22. The molecule has 0 saturated carbocycles. The number of benzene rings is 1. The lowest BCUT2D eigenvalue weighted by Gasteiger charge is -2.34. The second-order valence-electron chi connectivity index (χ2n) is 8.34. The molecule has 1 spiro atoms. The number of nitrogens with zero attached hydrogens (tertiary/aromatic N) is 3. The van der Waals surface area contributed by atoms with Crippen molar-refractivity contribution in [2.75, 3.05) is 6.61 Å². The van der Waals surface area contributed by atoms with Gasteiger partial charge in [-0.25, -0.2) is 4.99 Å². The Kier molecular flexibility index (Phi) is 4.43. The van der Waals surface area contributed by atoms with Crippen LogP contribution in [0.1, 0.15) is 42.5 Å². The number of amidine groups is 1. The van der Waals surface area contributed by atoms with Gasteiger partial charge in [-0.2, -0.15) is 0 Å². The maximum Gasteiger partial charge on any atom is 0.283 e. The molecule has 3 aliphatic rings. The van der Waals surface area contributed by atoms with Gasteiger partial charge in [-0.15, -0.1) is 0 Å². The summed E-state index contributed by atoms with van der Waals surface area (Å²) in [6.07, 6.45) is 12.0. The minimum atomic E-state index is -0.790. The predicted octanol–water partition coefficient (Wildman–Crippen LogP) is 5.45. The average molecular weight is 445 g/mol. The molecule has 0 radical (unpaired) electrons. The Bertz CT molecular complexity index is 1300. The zero-order chi connectivity index (χ0) is 21.7. The summed E-state index contributed by atoms with van der Waals surface area (Å²) in [5.74, 6) is 1.39. The summed E-state index contributed by atoms with van der Waals surface area (Å²) in [4.78, 5) is 13.7. The first-order chi connectivity index (χ1) is 15.6. The van der Waals surface area contributed by atoms with Crippen molar-refractivity contribution in [2.45, 2.75) is 31.2 Å². The lowest BCUT2D eigenvalue weighted by molar-refractivity contribution is 0.264. The normalized spacial score (nSPS) is 21.2. The summed E-state index contributed by atoms with van der Waals surface area (Å²) in [5, 5.41) is 0.583. The van der Waals surface area contributed by atoms with E-state index in [1.165, 1.54) is 18.4 Å². The number of allylic oxidation sites excluding steroid dienone is 2. The molecule has 6 nitrogen and oxygen atoms in total. The van der Waals surface area contributed by atoms with Crippen LogP contribution in [0.5, 0.6) is 11.5 Å². The predicted molar refractivity (Wildman–Crippen MR) is 124 cm³/mol. The SMILES string of the molecule is NC1=N[C@@]2(CO1)c1cc(-c3cncc(Cl)c3)ccc1Oc1cnc(C3=CCCCC3)cc12. The third-order valence-corrected chi connectivity index (χ3v) is 6.55. The van der Waals surface area contributed by atoms with Gasteiger partial charge in [0.05, 0.1) is 16.9 Å². The molecule has 0 amide bonds. The maximum absolute atomic E-state index is 6.27. The summed E-state index contributed by atoms with van der Waals surface area (Å²) < 4.78 is 12.0. The first-order valence-electron chi connectivity index (χ1n) is 10.7. The molecule has 0 bridgehead atoms. The first kappa shape index (κ1) is 19.3. The molecule has 0 unspecified atom stereocenters. The molecule has 32 heavy (non-hydrogen) atoms. The molecule has 3 aromatic rings. The second-order valence-corrected chi connectivity index (χ2v) is 8.78. The molecule has 2 N–H and O–H groups in total. The fraction of sp³-hybridized carbons (Fsp3) is 0.240. The van der Waals surface area contributed by atoms with Gasteiger partial charge in [0.2, 0.25) is 0 Å². The zero-order valence-corrected chi connectivity index (χ0v) is 18.1. The van der Waals surface area contributed by atoms with Crippen LogP contribution in [0, 0.1) is 0 Å². The number of halogens is 1. The topological polar surface area (TPSA) is 82.6 Å². The molecule has 1 aromatic carbocycles. The van der Waals surface area contributed by atoms with Crippen molar-refractivity contribution < 1.29 is 9.47 Å². The van der Waals surface area contributed by atoms with E-state index in [4.69, 9.17) is 36.8 Å². The highest BCUT2D eigenvalue weighted by atomic mass is 35.5. The zero-order valence-electron chi connectivity index (χ0n) is 17.3. The van der Waals surface area contributed by atoms with Crippen LogP contribution >= 0.6 is 11.6 Å². The number of hydrogen-bond acceptors (Lipinski definition) is 6. The summed E-state index contributed by atoms with van der Waals surface area (Å²) in [5.41, 5.74) is 11.2. The van der Waals surface area contributed by atoms with Gasteiger partial charge in [0.15, 0.2) is 11.3 Å². The molecule has 1 aliphatic carbocycles. The molecular formula is C25H21ClN4O2. The van der Waals surface area contributed by atoms with Gasteiger partial charge < -0.3 is 15.2 Å². The molecule has 6 rings (SSSR count). The minimum Gasteiger partial charge on any atom is -0.462 e. The number of ether oxygens (including phenoxy) is 2. The van der Waals surface area contributed by atoms with Gasteiger partial charge in [-0.05, 0) is 61.1 Å². The molecule has 160 valence electrons. The van der Waals surface area contributed by atoms with Crippen molar-refractivity contribution in [2.24, 2.45) is 10.7 Å². The van der Waals surface area contributed by atoms with E-state index in [0.717, 1.165) is 40.8 Å². The van der Waals surface area contributed by atoms with E-state index in [2.05, 4.69) is 23.2 Å². The highest BCUT2D eigenvalue weighted by Gasteiger charge is 2.47. The number of hydrogen-bond donors (Lipinski definition) is 1. The Labute approximate surface area is 190 Å². The second kappa shape index (κ2) is 7.35. The Morgan fingerprint density at radius 2 is 1.88 bits per heavy atom. The van der Waals surface area contributed by atoms with Crippen LogP contribution in [0.3, 0.4) is 0 Å². The summed E-state index contributed by atoms with van der Waals surface area (Å²) >= 11 is 6.18. The van der Waals surface area contributed by atoms with Gasteiger partial charge in [0.1, 0.15) is 12.4 Å². The van der Waals surface area contributed by atoms with Crippen molar-refractivity contribution in [3.63, 3.8) is 0 Å². The van der Waals surface area contributed by atoms with E-state index in [9.17, 15) is 0 Å². The lowest BCUT2D eigenvalue weighted by Crippen LogP contribution is -2.31. The van der Waals surface area contributed by atoms with Gasteiger partial charge >= 0.3 is 0 Å². The minimum absolute atomic E-state index is 0.175. The van der Waals surface area contributed by atoms with Crippen LogP contribution in [0.25, 0.3) is 16.7 Å². The van der Waals surface area contributed by atoms with E-state index < -0.39 is 5.54 Å². The Balaban J connectivity index is 1.53. The summed E-state index contributed by atoms with van der Waals surface area (Å²) in [7, 11) is 0. The highest BCUT2D eigenvalue weighted by Crippen LogP contribution is 2.52. The number of nitrogens with two attached hydrogens (primary N) is 1. The van der Waals surface area contributed by atoms with Crippen LogP contribution in [0.15, 0.2) is 60.0 Å². The van der Waals surface area contributed by atoms with Gasteiger partial charge in [-0.3, -0.25) is 9.97 Å². The van der Waals surface area contributed by atoms with E-state index in [1.54, 1.807) is 18.6 Å². The molecule has 0 saturated heterocycles. The van der Waals surface area contributed by atoms with E-state index in [-0.39, 0.29) is 6.02 Å². The smallest absolute Gasteiger partial charge is 0.283 e. The lowest BCUT2D eigenvalue weighted by atomic mass is 9.80. The van der Waals surface area contributed by atoms with E-state index >= 15 is 0 Å². The molecule has 7 heteroatoms.